The minimum absolute atomic E-state index is 0.315. The van der Waals surface area contributed by atoms with Crippen LogP contribution in [0.1, 0.15) is 12.5 Å². The molecule has 0 bridgehead atoms. The largest absolute Gasteiger partial charge is 0.498 e. The molecule has 3 nitrogen and oxygen atoms in total. The van der Waals surface area contributed by atoms with Gasteiger partial charge in [0.25, 0.3) is 0 Å². The molecule has 3 heteroatoms. The summed E-state index contributed by atoms with van der Waals surface area (Å²) < 4.78 is 9.55. The molecule has 0 unspecified atom stereocenters. The Kier molecular flexibility index (Phi) is 8.64. The van der Waals surface area contributed by atoms with E-state index in [1.54, 1.807) is 18.2 Å². The fourth-order valence-corrected chi connectivity index (χ4v) is 1.03. The van der Waals surface area contributed by atoms with E-state index in [-0.39, 0.29) is 5.97 Å². The van der Waals surface area contributed by atoms with E-state index < -0.39 is 0 Å². The smallest absolute Gasteiger partial charge is 0.308 e. The van der Waals surface area contributed by atoms with Crippen molar-refractivity contribution in [3.05, 3.63) is 61.9 Å². The highest BCUT2D eigenvalue weighted by Crippen LogP contribution is 2.18. The zero-order valence-corrected chi connectivity index (χ0v) is 10.6. The zero-order chi connectivity index (χ0) is 13.8. The summed E-state index contributed by atoms with van der Waals surface area (Å²) in [5, 5.41) is 0. The molecule has 96 valence electrons. The molecule has 0 N–H and O–H groups in total. The molecule has 0 amide bonds. The quantitative estimate of drug-likeness (QED) is 0.262. The summed E-state index contributed by atoms with van der Waals surface area (Å²) >= 11 is 0. The van der Waals surface area contributed by atoms with Crippen LogP contribution in [0.25, 0.3) is 6.08 Å². The van der Waals surface area contributed by atoms with Crippen LogP contribution in [0.2, 0.25) is 0 Å². The molecule has 0 saturated carbocycles. The molecule has 0 heterocycles. The average molecular weight is 246 g/mol. The minimum Gasteiger partial charge on any atom is -0.498 e. The maximum absolute atomic E-state index is 10.6. The number of esters is 1. The van der Waals surface area contributed by atoms with E-state index >= 15 is 0 Å². The summed E-state index contributed by atoms with van der Waals surface area (Å²) in [6.45, 7) is 12.3. The minimum atomic E-state index is -0.315. The molecule has 0 aliphatic heterocycles. The van der Waals surface area contributed by atoms with E-state index in [2.05, 4.69) is 24.5 Å². The molecule has 0 aliphatic carbocycles. The number of hydrogen-bond acceptors (Lipinski definition) is 3. The lowest BCUT2D eigenvalue weighted by Crippen LogP contribution is -2.02. The van der Waals surface area contributed by atoms with Crippen LogP contribution in [-0.2, 0) is 9.53 Å². The summed E-state index contributed by atoms with van der Waals surface area (Å²) in [5.74, 6) is 0.240. The molecule has 1 aromatic carbocycles. The number of hydrogen-bond donors (Lipinski definition) is 0. The van der Waals surface area contributed by atoms with Gasteiger partial charge >= 0.3 is 5.97 Å². The van der Waals surface area contributed by atoms with Crippen LogP contribution >= 0.6 is 0 Å². The van der Waals surface area contributed by atoms with Crippen LogP contribution in [0, 0.1) is 0 Å². The number of carbonyl (C=O) groups is 1. The van der Waals surface area contributed by atoms with Gasteiger partial charge in [0.1, 0.15) is 12.4 Å². The number of para-hydroxylation sites is 1. The van der Waals surface area contributed by atoms with E-state index in [4.69, 9.17) is 4.74 Å². The van der Waals surface area contributed by atoms with E-state index in [1.807, 2.05) is 18.2 Å². The Labute approximate surface area is 108 Å². The van der Waals surface area contributed by atoms with Crippen molar-refractivity contribution in [2.45, 2.75) is 6.92 Å². The van der Waals surface area contributed by atoms with Gasteiger partial charge in [0.15, 0.2) is 0 Å². The lowest BCUT2D eigenvalue weighted by Gasteiger charge is -2.03. The summed E-state index contributed by atoms with van der Waals surface area (Å²) in [6, 6.07) is 7.25. The van der Waals surface area contributed by atoms with Gasteiger partial charge in [-0.2, -0.15) is 0 Å². The van der Waals surface area contributed by atoms with Gasteiger partial charge in [-0.3, -0.25) is 4.79 Å². The molecule has 18 heavy (non-hydrogen) atoms. The summed E-state index contributed by atoms with van der Waals surface area (Å²) in [6.07, 6.45) is 4.71. The van der Waals surface area contributed by atoms with Crippen LogP contribution in [0.3, 0.4) is 0 Å². The predicted octanol–water partition coefficient (Wildman–Crippen LogP) is 3.59. The van der Waals surface area contributed by atoms with Gasteiger partial charge in [-0.05, 0) is 6.07 Å². The Morgan fingerprint density at radius 1 is 1.28 bits per heavy atom. The average Bonchev–Trinajstić information content (AvgIpc) is 2.37. The molecule has 0 aromatic heterocycles. The first-order chi connectivity index (χ1) is 8.65. The molecule has 1 aromatic rings. The second-order valence-corrected chi connectivity index (χ2v) is 3.12. The molecule has 1 rings (SSSR count). The normalized spacial score (nSPS) is 8.28. The van der Waals surface area contributed by atoms with Crippen LogP contribution < -0.4 is 4.74 Å². The van der Waals surface area contributed by atoms with Crippen molar-refractivity contribution < 1.29 is 14.3 Å². The Balaban J connectivity index is 0.000000411. The van der Waals surface area contributed by atoms with Crippen molar-refractivity contribution in [3.63, 3.8) is 0 Å². The van der Waals surface area contributed by atoms with E-state index in [1.165, 1.54) is 13.2 Å². The van der Waals surface area contributed by atoms with Gasteiger partial charge in [0.2, 0.25) is 0 Å². The SMILES string of the molecule is C=CCOC=C.C=Cc1ccccc1OC(C)=O. The molecule has 0 spiro atoms. The van der Waals surface area contributed by atoms with Crippen LogP contribution in [0.15, 0.2) is 56.3 Å². The molecule has 0 aliphatic rings. The van der Waals surface area contributed by atoms with Gasteiger partial charge in [-0.1, -0.05) is 50.1 Å². The van der Waals surface area contributed by atoms with Gasteiger partial charge in [-0.15, -0.1) is 0 Å². The first-order valence-corrected chi connectivity index (χ1v) is 5.39. The molecular weight excluding hydrogens is 228 g/mol. The Morgan fingerprint density at radius 3 is 2.39 bits per heavy atom. The number of ether oxygens (including phenoxy) is 2. The Hall–Kier alpha value is -2.29. The molecular formula is C15H18O3. The Morgan fingerprint density at radius 2 is 1.94 bits per heavy atom. The third-order valence-electron chi connectivity index (χ3n) is 1.72. The predicted molar refractivity (Wildman–Crippen MR) is 74.2 cm³/mol. The van der Waals surface area contributed by atoms with E-state index in [0.29, 0.717) is 12.4 Å². The molecule has 0 atom stereocenters. The van der Waals surface area contributed by atoms with Crippen molar-refractivity contribution in [2.75, 3.05) is 6.61 Å². The molecule has 0 saturated heterocycles. The van der Waals surface area contributed by atoms with Crippen molar-refractivity contribution in [1.29, 1.82) is 0 Å². The third kappa shape index (κ3) is 7.06. The van der Waals surface area contributed by atoms with Gasteiger partial charge in [0.05, 0.1) is 6.26 Å². The van der Waals surface area contributed by atoms with Crippen molar-refractivity contribution in [1.82, 2.24) is 0 Å². The Bertz CT molecular complexity index is 400. The van der Waals surface area contributed by atoms with Crippen molar-refractivity contribution >= 4 is 12.0 Å². The molecule has 0 radical (unpaired) electrons. The fourth-order valence-electron chi connectivity index (χ4n) is 1.03. The zero-order valence-electron chi connectivity index (χ0n) is 10.6. The van der Waals surface area contributed by atoms with Crippen molar-refractivity contribution in [2.24, 2.45) is 0 Å². The molecule has 0 fully saturated rings. The maximum Gasteiger partial charge on any atom is 0.308 e. The van der Waals surface area contributed by atoms with Crippen LogP contribution in [0.4, 0.5) is 0 Å². The highest BCUT2D eigenvalue weighted by Gasteiger charge is 2.00. The first kappa shape index (κ1) is 15.7. The third-order valence-corrected chi connectivity index (χ3v) is 1.72. The first-order valence-electron chi connectivity index (χ1n) is 5.39. The van der Waals surface area contributed by atoms with Crippen molar-refractivity contribution in [3.8, 4) is 5.75 Å². The fraction of sp³-hybridized carbons (Fsp3) is 0.133. The lowest BCUT2D eigenvalue weighted by atomic mass is 10.2. The summed E-state index contributed by atoms with van der Waals surface area (Å²) in [4.78, 5) is 10.6. The second-order valence-electron chi connectivity index (χ2n) is 3.12. The maximum atomic E-state index is 10.6. The van der Waals surface area contributed by atoms with Crippen LogP contribution in [-0.4, -0.2) is 12.6 Å². The monoisotopic (exact) mass is 246 g/mol. The van der Waals surface area contributed by atoms with E-state index in [9.17, 15) is 4.79 Å². The summed E-state index contributed by atoms with van der Waals surface area (Å²) in [5.41, 5.74) is 0.827. The van der Waals surface area contributed by atoms with E-state index in [0.717, 1.165) is 5.56 Å². The number of carbonyl (C=O) groups excluding carboxylic acids is 1. The second kappa shape index (κ2) is 9.90. The number of benzene rings is 1. The van der Waals surface area contributed by atoms with Gasteiger partial charge in [-0.25, -0.2) is 0 Å². The standard InChI is InChI=1S/C10H10O2.C5H8O/c1-3-9-6-4-5-7-10(9)12-8(2)11;1-3-5-6-4-2/h3-7H,1H2,2H3;3-4H,1-2,5H2. The highest BCUT2D eigenvalue weighted by atomic mass is 16.5. The topological polar surface area (TPSA) is 35.5 Å². The summed E-state index contributed by atoms with van der Waals surface area (Å²) in [7, 11) is 0. The lowest BCUT2D eigenvalue weighted by molar-refractivity contribution is -0.131. The number of rotatable bonds is 5. The van der Waals surface area contributed by atoms with Gasteiger partial charge in [0, 0.05) is 12.5 Å². The van der Waals surface area contributed by atoms with Crippen LogP contribution in [0.5, 0.6) is 5.75 Å². The van der Waals surface area contributed by atoms with Gasteiger partial charge < -0.3 is 9.47 Å². The highest BCUT2D eigenvalue weighted by molar-refractivity contribution is 5.71.